The van der Waals surface area contributed by atoms with E-state index < -0.39 is 0 Å². The van der Waals surface area contributed by atoms with Gasteiger partial charge in [0.2, 0.25) is 0 Å². The molecular weight excluding hydrogens is 284 g/mol. The van der Waals surface area contributed by atoms with Crippen molar-refractivity contribution in [2.45, 2.75) is 26.2 Å². The van der Waals surface area contributed by atoms with Gasteiger partial charge in [-0.3, -0.25) is 0 Å². The number of thiazole rings is 1. The third-order valence-corrected chi connectivity index (χ3v) is 6.18. The molecule has 0 amide bonds. The minimum Gasteiger partial charge on any atom is -0.390 e. The number of nitrogen functional groups attached to an aromatic ring is 1. The summed E-state index contributed by atoms with van der Waals surface area (Å²) in [5.74, 6) is 0.781. The Balaban J connectivity index is 1.89. The molecule has 0 saturated carbocycles. The average Bonchev–Trinajstić information content (AvgIpc) is 2.97. The van der Waals surface area contributed by atoms with E-state index in [1.807, 2.05) is 6.07 Å². The molecule has 0 unspecified atom stereocenters. The Bertz CT molecular complexity index is 752. The Hall–Kier alpha value is -1.39. The maximum Gasteiger partial charge on any atom is 0.127 e. The molecule has 102 valence electrons. The lowest BCUT2D eigenvalue weighted by atomic mass is 9.88. The second-order valence-corrected chi connectivity index (χ2v) is 7.75. The van der Waals surface area contributed by atoms with E-state index in [9.17, 15) is 0 Å². The Labute approximate surface area is 126 Å². The second kappa shape index (κ2) is 4.57. The van der Waals surface area contributed by atoms with Gasteiger partial charge in [-0.2, -0.15) is 0 Å². The summed E-state index contributed by atoms with van der Waals surface area (Å²) in [6, 6.07) is 8.32. The van der Waals surface area contributed by atoms with Crippen LogP contribution in [0.15, 0.2) is 24.3 Å². The normalized spacial score (nSPS) is 18.4. The largest absolute Gasteiger partial charge is 0.390 e. The highest BCUT2D eigenvalue weighted by Crippen LogP contribution is 2.45. The van der Waals surface area contributed by atoms with Gasteiger partial charge in [0.1, 0.15) is 5.01 Å². The molecule has 0 fully saturated rings. The first-order valence-electron chi connectivity index (χ1n) is 6.98. The predicted molar refractivity (Wildman–Crippen MR) is 88.5 cm³/mol. The summed E-state index contributed by atoms with van der Waals surface area (Å²) in [5.41, 5.74) is 10.1. The first-order valence-corrected chi connectivity index (χ1v) is 8.61. The predicted octanol–water partition coefficient (Wildman–Crippen LogP) is 4.73. The van der Waals surface area contributed by atoms with E-state index in [2.05, 4.69) is 25.1 Å². The molecule has 1 atom stereocenters. The van der Waals surface area contributed by atoms with E-state index in [-0.39, 0.29) is 0 Å². The zero-order chi connectivity index (χ0) is 13.7. The molecule has 2 N–H and O–H groups in total. The van der Waals surface area contributed by atoms with Gasteiger partial charge in [-0.1, -0.05) is 19.1 Å². The Morgan fingerprint density at radius 3 is 2.95 bits per heavy atom. The van der Waals surface area contributed by atoms with Crippen molar-refractivity contribution in [2.24, 2.45) is 5.92 Å². The van der Waals surface area contributed by atoms with Gasteiger partial charge in [0.15, 0.2) is 0 Å². The number of hydrogen-bond acceptors (Lipinski definition) is 4. The van der Waals surface area contributed by atoms with Gasteiger partial charge in [0.05, 0.1) is 15.2 Å². The van der Waals surface area contributed by atoms with E-state index in [1.54, 1.807) is 22.7 Å². The number of fused-ring (bicyclic) bond motifs is 2. The van der Waals surface area contributed by atoms with E-state index >= 15 is 0 Å². The minimum absolute atomic E-state index is 0.781. The molecule has 3 aromatic rings. The van der Waals surface area contributed by atoms with Crippen molar-refractivity contribution in [3.8, 4) is 10.6 Å². The molecular formula is C16H16N2S2. The molecule has 2 aromatic heterocycles. The fraction of sp³-hybridized carbons (Fsp3) is 0.312. The van der Waals surface area contributed by atoms with E-state index in [0.29, 0.717) is 0 Å². The number of hydrogen-bond donors (Lipinski definition) is 1. The van der Waals surface area contributed by atoms with Crippen LogP contribution in [0.5, 0.6) is 0 Å². The van der Waals surface area contributed by atoms with Crippen molar-refractivity contribution >= 4 is 37.9 Å². The van der Waals surface area contributed by atoms with Crippen molar-refractivity contribution in [1.82, 2.24) is 4.98 Å². The van der Waals surface area contributed by atoms with Crippen LogP contribution in [0.1, 0.15) is 23.8 Å². The van der Waals surface area contributed by atoms with Gasteiger partial charge >= 0.3 is 0 Å². The van der Waals surface area contributed by atoms with Crippen LogP contribution in [0.4, 0.5) is 5.00 Å². The van der Waals surface area contributed by atoms with Gasteiger partial charge in [-0.05, 0) is 42.9 Å². The van der Waals surface area contributed by atoms with Gasteiger partial charge in [-0.25, -0.2) is 4.98 Å². The van der Waals surface area contributed by atoms with E-state index in [4.69, 9.17) is 10.7 Å². The van der Waals surface area contributed by atoms with E-state index in [0.717, 1.165) is 27.9 Å². The standard InChI is InChI=1S/C16H16N2S2/c1-9-6-7-10-13(8-9)19-15(17)14(10)16-18-11-4-2-3-5-12(11)20-16/h2-5,9H,6-8,17H2,1H3/t9-/m1/s1. The fourth-order valence-corrected chi connectivity index (χ4v) is 5.39. The van der Waals surface area contributed by atoms with Crippen LogP contribution >= 0.6 is 22.7 Å². The van der Waals surface area contributed by atoms with Gasteiger partial charge in [0, 0.05) is 10.4 Å². The molecule has 0 saturated heterocycles. The lowest BCUT2D eigenvalue weighted by Crippen LogP contribution is -2.09. The molecule has 2 nitrogen and oxygen atoms in total. The van der Waals surface area contributed by atoms with E-state index in [1.165, 1.54) is 33.5 Å². The van der Waals surface area contributed by atoms with Crippen molar-refractivity contribution in [3.63, 3.8) is 0 Å². The summed E-state index contributed by atoms with van der Waals surface area (Å²) in [4.78, 5) is 6.27. The first kappa shape index (κ1) is 12.4. The molecule has 0 bridgehead atoms. The Kier molecular flexibility index (Phi) is 2.82. The molecule has 1 aliphatic carbocycles. The number of thiophene rings is 1. The molecule has 4 rings (SSSR count). The number of rotatable bonds is 1. The summed E-state index contributed by atoms with van der Waals surface area (Å²) in [5, 5.41) is 2.04. The molecule has 0 spiro atoms. The molecule has 0 radical (unpaired) electrons. The Morgan fingerprint density at radius 2 is 2.10 bits per heavy atom. The number of aromatic nitrogens is 1. The highest BCUT2D eigenvalue weighted by Gasteiger charge is 2.25. The minimum atomic E-state index is 0.781. The molecule has 1 aliphatic rings. The van der Waals surface area contributed by atoms with Gasteiger partial charge in [-0.15, -0.1) is 22.7 Å². The van der Waals surface area contributed by atoms with Crippen LogP contribution in [0.3, 0.4) is 0 Å². The van der Waals surface area contributed by atoms with Crippen LogP contribution in [0.2, 0.25) is 0 Å². The van der Waals surface area contributed by atoms with Crippen LogP contribution in [-0.4, -0.2) is 4.98 Å². The second-order valence-electron chi connectivity index (χ2n) is 5.58. The average molecular weight is 300 g/mol. The van der Waals surface area contributed by atoms with Gasteiger partial charge in [0.25, 0.3) is 0 Å². The molecule has 4 heteroatoms. The number of benzene rings is 1. The lowest BCUT2D eigenvalue weighted by molar-refractivity contribution is 0.508. The summed E-state index contributed by atoms with van der Waals surface area (Å²) >= 11 is 3.53. The third-order valence-electron chi connectivity index (χ3n) is 4.05. The van der Waals surface area contributed by atoms with Crippen LogP contribution in [-0.2, 0) is 12.8 Å². The number of para-hydroxylation sites is 1. The van der Waals surface area contributed by atoms with Crippen LogP contribution in [0.25, 0.3) is 20.8 Å². The maximum absolute atomic E-state index is 6.31. The SMILES string of the molecule is C[C@@H]1CCc2c(sc(N)c2-c2nc3ccccc3s2)C1. The van der Waals surface area contributed by atoms with Crippen molar-refractivity contribution in [1.29, 1.82) is 0 Å². The van der Waals surface area contributed by atoms with Crippen LogP contribution < -0.4 is 5.73 Å². The van der Waals surface area contributed by atoms with Crippen molar-refractivity contribution < 1.29 is 0 Å². The molecule has 0 aliphatic heterocycles. The highest BCUT2D eigenvalue weighted by atomic mass is 32.1. The fourth-order valence-electron chi connectivity index (χ4n) is 2.99. The number of nitrogens with zero attached hydrogens (tertiary/aromatic N) is 1. The van der Waals surface area contributed by atoms with Crippen molar-refractivity contribution in [3.05, 3.63) is 34.7 Å². The Morgan fingerprint density at radius 1 is 1.25 bits per heavy atom. The van der Waals surface area contributed by atoms with Crippen LogP contribution in [0, 0.1) is 5.92 Å². The molecule has 1 aromatic carbocycles. The maximum atomic E-state index is 6.31. The molecule has 2 heterocycles. The summed E-state index contributed by atoms with van der Waals surface area (Å²) < 4.78 is 1.24. The molecule has 20 heavy (non-hydrogen) atoms. The quantitative estimate of drug-likeness (QED) is 0.705. The zero-order valence-electron chi connectivity index (χ0n) is 11.3. The number of nitrogens with two attached hydrogens (primary N) is 1. The summed E-state index contributed by atoms with van der Waals surface area (Å²) in [6.07, 6.45) is 3.59. The monoisotopic (exact) mass is 300 g/mol. The number of anilines is 1. The zero-order valence-corrected chi connectivity index (χ0v) is 13.0. The first-order chi connectivity index (χ1) is 9.72. The van der Waals surface area contributed by atoms with Crippen molar-refractivity contribution in [2.75, 3.05) is 5.73 Å². The lowest BCUT2D eigenvalue weighted by Gasteiger charge is -2.18. The highest BCUT2D eigenvalue weighted by molar-refractivity contribution is 7.22. The smallest absolute Gasteiger partial charge is 0.127 e. The third kappa shape index (κ3) is 1.86. The summed E-state index contributed by atoms with van der Waals surface area (Å²) in [6.45, 7) is 2.33. The topological polar surface area (TPSA) is 38.9 Å². The summed E-state index contributed by atoms with van der Waals surface area (Å²) in [7, 11) is 0. The van der Waals surface area contributed by atoms with Gasteiger partial charge < -0.3 is 5.73 Å².